The van der Waals surface area contributed by atoms with Crippen molar-refractivity contribution in [3.63, 3.8) is 0 Å². The van der Waals surface area contributed by atoms with E-state index in [-0.39, 0.29) is 17.1 Å². The van der Waals surface area contributed by atoms with Gasteiger partial charge in [0.15, 0.2) is 0 Å². The first-order valence-electron chi connectivity index (χ1n) is 6.14. The number of H-pyrrole nitrogens is 1. The van der Waals surface area contributed by atoms with Gasteiger partial charge < -0.3 is 10.0 Å². The maximum absolute atomic E-state index is 12.1. The van der Waals surface area contributed by atoms with Gasteiger partial charge in [0.1, 0.15) is 5.82 Å². The highest BCUT2D eigenvalue weighted by Crippen LogP contribution is 2.22. The summed E-state index contributed by atoms with van der Waals surface area (Å²) < 4.78 is 0. The summed E-state index contributed by atoms with van der Waals surface area (Å²) in [6.07, 6.45) is 0.593. The Labute approximate surface area is 106 Å². The summed E-state index contributed by atoms with van der Waals surface area (Å²) in [6.45, 7) is 8.63. The molecule has 2 rings (SSSR count). The van der Waals surface area contributed by atoms with Crippen LogP contribution in [0.5, 0.6) is 0 Å². The summed E-state index contributed by atoms with van der Waals surface area (Å²) in [5.41, 5.74) is -0.957. The normalized spacial score (nSPS) is 24.6. The zero-order valence-corrected chi connectivity index (χ0v) is 11.3. The number of nitrogens with zero attached hydrogens (tertiary/aromatic N) is 3. The largest absolute Gasteiger partial charge is 0.388 e. The Kier molecular flexibility index (Phi) is 2.93. The standard InChI is InChI=1S/C12H20N4O2/c1-11(2,3)10-13-8(14-15-10)9(17)16-6-5-12(4,18)7-16/h18H,5-7H2,1-4H3,(H,13,14,15). The maximum atomic E-state index is 12.1. The molecule has 1 atom stereocenters. The van der Waals surface area contributed by atoms with Crippen molar-refractivity contribution in [2.24, 2.45) is 0 Å². The molecule has 18 heavy (non-hydrogen) atoms. The average Bonchev–Trinajstić information content (AvgIpc) is 2.82. The molecular formula is C12H20N4O2. The van der Waals surface area contributed by atoms with Gasteiger partial charge in [0, 0.05) is 18.5 Å². The molecule has 1 aromatic heterocycles. The van der Waals surface area contributed by atoms with E-state index >= 15 is 0 Å². The van der Waals surface area contributed by atoms with Crippen molar-refractivity contribution in [3.8, 4) is 0 Å². The highest BCUT2D eigenvalue weighted by Gasteiger charge is 2.35. The number of carbonyl (C=O) groups is 1. The molecule has 0 radical (unpaired) electrons. The third-order valence-electron chi connectivity index (χ3n) is 3.13. The SMILES string of the molecule is CC1(O)CCN(C(=O)c2n[nH]c(C(C)(C)C)n2)C1. The molecule has 1 fully saturated rings. The second-order valence-electron chi connectivity index (χ2n) is 6.23. The van der Waals surface area contributed by atoms with Crippen LogP contribution in [0.2, 0.25) is 0 Å². The van der Waals surface area contributed by atoms with Crippen LogP contribution in [-0.4, -0.2) is 49.8 Å². The van der Waals surface area contributed by atoms with Crippen molar-refractivity contribution < 1.29 is 9.90 Å². The van der Waals surface area contributed by atoms with E-state index in [1.807, 2.05) is 20.8 Å². The van der Waals surface area contributed by atoms with Gasteiger partial charge in [-0.05, 0) is 13.3 Å². The molecule has 1 aliphatic rings. The van der Waals surface area contributed by atoms with Gasteiger partial charge in [-0.2, -0.15) is 0 Å². The Morgan fingerprint density at radius 2 is 2.17 bits per heavy atom. The van der Waals surface area contributed by atoms with Gasteiger partial charge in [-0.25, -0.2) is 4.98 Å². The highest BCUT2D eigenvalue weighted by atomic mass is 16.3. The number of aromatic amines is 1. The number of carbonyl (C=O) groups excluding carboxylic acids is 1. The van der Waals surface area contributed by atoms with E-state index in [0.717, 1.165) is 0 Å². The zero-order valence-electron chi connectivity index (χ0n) is 11.3. The fourth-order valence-corrected chi connectivity index (χ4v) is 1.95. The molecule has 1 amide bonds. The number of hydrogen-bond acceptors (Lipinski definition) is 4. The second kappa shape index (κ2) is 4.05. The molecule has 0 bridgehead atoms. The van der Waals surface area contributed by atoms with Crippen molar-refractivity contribution >= 4 is 5.91 Å². The molecule has 6 nitrogen and oxygen atoms in total. The smallest absolute Gasteiger partial charge is 0.293 e. The summed E-state index contributed by atoms with van der Waals surface area (Å²) >= 11 is 0. The van der Waals surface area contributed by atoms with E-state index in [4.69, 9.17) is 0 Å². The molecule has 2 N–H and O–H groups in total. The van der Waals surface area contributed by atoms with Crippen LogP contribution >= 0.6 is 0 Å². The molecule has 1 aromatic rings. The summed E-state index contributed by atoms with van der Waals surface area (Å²) in [4.78, 5) is 18.0. The first-order chi connectivity index (χ1) is 8.19. The first kappa shape index (κ1) is 13.0. The van der Waals surface area contributed by atoms with Crippen LogP contribution in [0, 0.1) is 0 Å². The van der Waals surface area contributed by atoms with Crippen LogP contribution < -0.4 is 0 Å². The molecule has 6 heteroatoms. The lowest BCUT2D eigenvalue weighted by Gasteiger charge is -2.17. The lowest BCUT2D eigenvalue weighted by atomic mass is 9.96. The number of likely N-dealkylation sites (tertiary alicyclic amines) is 1. The molecule has 100 valence electrons. The molecule has 0 spiro atoms. The lowest BCUT2D eigenvalue weighted by Crippen LogP contribution is -2.34. The van der Waals surface area contributed by atoms with E-state index in [1.54, 1.807) is 11.8 Å². The van der Waals surface area contributed by atoms with Gasteiger partial charge in [-0.1, -0.05) is 20.8 Å². The van der Waals surface area contributed by atoms with Crippen LogP contribution in [0.3, 0.4) is 0 Å². The van der Waals surface area contributed by atoms with E-state index in [9.17, 15) is 9.90 Å². The third-order valence-corrected chi connectivity index (χ3v) is 3.13. The molecule has 1 saturated heterocycles. The number of aromatic nitrogens is 3. The summed E-state index contributed by atoms with van der Waals surface area (Å²) in [7, 11) is 0. The quantitative estimate of drug-likeness (QED) is 0.770. The van der Waals surface area contributed by atoms with Gasteiger partial charge in [0.2, 0.25) is 5.82 Å². The number of rotatable bonds is 1. The molecule has 0 aromatic carbocycles. The average molecular weight is 252 g/mol. The van der Waals surface area contributed by atoms with Gasteiger partial charge in [0.05, 0.1) is 5.60 Å². The third kappa shape index (κ3) is 2.53. The predicted octanol–water partition coefficient (Wildman–Crippen LogP) is 0.699. The lowest BCUT2D eigenvalue weighted by molar-refractivity contribution is 0.0565. The van der Waals surface area contributed by atoms with Crippen LogP contribution in [0.4, 0.5) is 0 Å². The van der Waals surface area contributed by atoms with E-state index in [0.29, 0.717) is 25.3 Å². The van der Waals surface area contributed by atoms with Gasteiger partial charge in [0.25, 0.3) is 5.91 Å². The van der Waals surface area contributed by atoms with E-state index in [1.165, 1.54) is 0 Å². The van der Waals surface area contributed by atoms with Gasteiger partial charge >= 0.3 is 0 Å². The Hall–Kier alpha value is -1.43. The Morgan fingerprint density at radius 1 is 1.50 bits per heavy atom. The molecule has 0 saturated carbocycles. The molecule has 0 aliphatic carbocycles. The predicted molar refractivity (Wildman–Crippen MR) is 66.2 cm³/mol. The van der Waals surface area contributed by atoms with Crippen LogP contribution in [0.25, 0.3) is 0 Å². The van der Waals surface area contributed by atoms with Gasteiger partial charge in [-0.3, -0.25) is 9.89 Å². The molecule has 1 unspecified atom stereocenters. The van der Waals surface area contributed by atoms with E-state index < -0.39 is 5.60 Å². The van der Waals surface area contributed by atoms with Gasteiger partial charge in [-0.15, -0.1) is 5.10 Å². The second-order valence-corrected chi connectivity index (χ2v) is 6.23. The minimum absolute atomic E-state index is 0.165. The monoisotopic (exact) mass is 252 g/mol. The van der Waals surface area contributed by atoms with Crippen LogP contribution in [0.15, 0.2) is 0 Å². The van der Waals surface area contributed by atoms with Crippen molar-refractivity contribution in [2.45, 2.75) is 45.1 Å². The number of amides is 1. The fraction of sp³-hybridized carbons (Fsp3) is 0.750. The fourth-order valence-electron chi connectivity index (χ4n) is 1.95. The maximum Gasteiger partial charge on any atom is 0.293 e. The Morgan fingerprint density at radius 3 is 2.61 bits per heavy atom. The summed E-state index contributed by atoms with van der Waals surface area (Å²) in [6, 6.07) is 0. The Bertz CT molecular complexity index is 459. The van der Waals surface area contributed by atoms with Crippen LogP contribution in [-0.2, 0) is 5.41 Å². The molecular weight excluding hydrogens is 232 g/mol. The number of aliphatic hydroxyl groups is 1. The number of β-amino-alcohol motifs (C(OH)–C–C–N with tert-alkyl or cyclic N) is 1. The molecule has 1 aliphatic heterocycles. The summed E-state index contributed by atoms with van der Waals surface area (Å²) in [5.74, 6) is 0.647. The Balaban J connectivity index is 2.13. The zero-order chi connectivity index (χ0) is 13.6. The number of nitrogens with one attached hydrogen (secondary N) is 1. The number of hydrogen-bond donors (Lipinski definition) is 2. The van der Waals surface area contributed by atoms with Crippen molar-refractivity contribution in [3.05, 3.63) is 11.6 Å². The van der Waals surface area contributed by atoms with Crippen molar-refractivity contribution in [1.29, 1.82) is 0 Å². The molecule has 2 heterocycles. The summed E-state index contributed by atoms with van der Waals surface area (Å²) in [5, 5.41) is 16.6. The van der Waals surface area contributed by atoms with E-state index in [2.05, 4.69) is 15.2 Å². The van der Waals surface area contributed by atoms with Crippen LogP contribution in [0.1, 0.15) is 50.6 Å². The minimum Gasteiger partial charge on any atom is -0.388 e. The highest BCUT2D eigenvalue weighted by molar-refractivity contribution is 5.90. The first-order valence-corrected chi connectivity index (χ1v) is 6.14. The minimum atomic E-state index is -0.793. The van der Waals surface area contributed by atoms with Crippen molar-refractivity contribution in [2.75, 3.05) is 13.1 Å². The topological polar surface area (TPSA) is 82.1 Å². The van der Waals surface area contributed by atoms with Crippen molar-refractivity contribution in [1.82, 2.24) is 20.1 Å².